The van der Waals surface area contributed by atoms with E-state index in [4.69, 9.17) is 0 Å². The zero-order valence-electron chi connectivity index (χ0n) is 7.93. The van der Waals surface area contributed by atoms with Crippen LogP contribution >= 0.6 is 15.9 Å². The van der Waals surface area contributed by atoms with Crippen LogP contribution in [0, 0.1) is 0 Å². The molecule has 0 aromatic rings. The highest BCUT2D eigenvalue weighted by Crippen LogP contribution is 2.27. The van der Waals surface area contributed by atoms with Gasteiger partial charge in [-0.3, -0.25) is 4.79 Å². The first-order valence-corrected chi connectivity index (χ1v) is 5.36. The van der Waals surface area contributed by atoms with Crippen molar-refractivity contribution in [1.29, 1.82) is 0 Å². The van der Waals surface area contributed by atoms with Crippen LogP contribution < -0.4 is 0 Å². The number of carbonyl (C=O) groups excluding carboxylic acids is 1. The molecule has 1 unspecified atom stereocenters. The summed E-state index contributed by atoms with van der Waals surface area (Å²) in [5.74, 6) is 0.252. The van der Waals surface area contributed by atoms with E-state index < -0.39 is 0 Å². The summed E-state index contributed by atoms with van der Waals surface area (Å²) < 4.78 is 0. The minimum atomic E-state index is 0.0274. The Bertz CT molecular complexity index is 191. The summed E-state index contributed by atoms with van der Waals surface area (Å²) in [6.45, 7) is 7.26. The Labute approximate surface area is 82.4 Å². The summed E-state index contributed by atoms with van der Waals surface area (Å²) in [6, 6.07) is 0. The smallest absolute Gasteiger partial charge is 0.236 e. The third-order valence-corrected chi connectivity index (χ3v) is 3.59. The molecule has 0 bridgehead atoms. The van der Waals surface area contributed by atoms with E-state index in [2.05, 4.69) is 36.7 Å². The van der Waals surface area contributed by atoms with Crippen LogP contribution in [0.5, 0.6) is 0 Å². The van der Waals surface area contributed by atoms with E-state index in [-0.39, 0.29) is 16.3 Å². The van der Waals surface area contributed by atoms with Crippen molar-refractivity contribution in [2.24, 2.45) is 0 Å². The van der Waals surface area contributed by atoms with E-state index in [1.165, 1.54) is 0 Å². The van der Waals surface area contributed by atoms with Gasteiger partial charge in [-0.15, -0.1) is 0 Å². The summed E-state index contributed by atoms with van der Waals surface area (Å²) in [5.41, 5.74) is 0.0274. The molecule has 70 valence electrons. The SMILES string of the molecule is CCC(C)(C)N1CCC(Br)C1=O. The van der Waals surface area contributed by atoms with Crippen molar-refractivity contribution in [1.82, 2.24) is 4.90 Å². The number of halogens is 1. The number of carbonyl (C=O) groups is 1. The molecule has 0 radical (unpaired) electrons. The fraction of sp³-hybridized carbons (Fsp3) is 0.889. The summed E-state index contributed by atoms with van der Waals surface area (Å²) in [6.07, 6.45) is 1.96. The van der Waals surface area contributed by atoms with Gasteiger partial charge in [0.1, 0.15) is 0 Å². The maximum Gasteiger partial charge on any atom is 0.236 e. The van der Waals surface area contributed by atoms with Gasteiger partial charge in [-0.2, -0.15) is 0 Å². The average Bonchev–Trinajstić information content (AvgIpc) is 2.33. The second-order valence-corrected chi connectivity index (χ2v) is 5.02. The summed E-state index contributed by atoms with van der Waals surface area (Å²) >= 11 is 3.37. The molecule has 1 atom stereocenters. The molecular formula is C9H16BrNO. The van der Waals surface area contributed by atoms with E-state index in [1.54, 1.807) is 0 Å². The highest BCUT2D eigenvalue weighted by atomic mass is 79.9. The van der Waals surface area contributed by atoms with Crippen LogP contribution in [0.15, 0.2) is 0 Å². The molecule has 0 aliphatic carbocycles. The minimum Gasteiger partial charge on any atom is -0.337 e. The summed E-state index contributed by atoms with van der Waals surface area (Å²) in [4.78, 5) is 13.6. The molecule has 0 N–H and O–H groups in total. The average molecular weight is 234 g/mol. The Balaban J connectivity index is 2.71. The third kappa shape index (κ3) is 1.65. The van der Waals surface area contributed by atoms with E-state index in [0.717, 1.165) is 19.4 Å². The normalized spacial score (nSPS) is 25.2. The molecule has 1 saturated heterocycles. The Kier molecular flexibility index (Phi) is 2.81. The largest absolute Gasteiger partial charge is 0.337 e. The van der Waals surface area contributed by atoms with Crippen LogP contribution in [0.4, 0.5) is 0 Å². The summed E-state index contributed by atoms with van der Waals surface area (Å²) in [7, 11) is 0. The highest BCUT2D eigenvalue weighted by molar-refractivity contribution is 9.10. The number of hydrogen-bond donors (Lipinski definition) is 0. The molecule has 1 heterocycles. The lowest BCUT2D eigenvalue weighted by Crippen LogP contribution is -2.45. The zero-order chi connectivity index (χ0) is 9.35. The first-order valence-electron chi connectivity index (χ1n) is 4.44. The fourth-order valence-electron chi connectivity index (χ4n) is 1.44. The van der Waals surface area contributed by atoms with Crippen LogP contribution in [-0.2, 0) is 4.79 Å². The molecule has 1 fully saturated rings. The number of likely N-dealkylation sites (tertiary alicyclic amines) is 1. The molecule has 3 heteroatoms. The van der Waals surface area contributed by atoms with E-state index in [0.29, 0.717) is 0 Å². The van der Waals surface area contributed by atoms with Gasteiger partial charge in [0.05, 0.1) is 4.83 Å². The van der Waals surface area contributed by atoms with Crippen LogP contribution in [0.25, 0.3) is 0 Å². The molecular weight excluding hydrogens is 218 g/mol. The van der Waals surface area contributed by atoms with Gasteiger partial charge in [-0.1, -0.05) is 22.9 Å². The first-order chi connectivity index (χ1) is 5.49. The predicted molar refractivity (Wildman–Crippen MR) is 53.4 cm³/mol. The molecule has 12 heavy (non-hydrogen) atoms. The van der Waals surface area contributed by atoms with Gasteiger partial charge >= 0.3 is 0 Å². The van der Waals surface area contributed by atoms with Gasteiger partial charge in [0, 0.05) is 12.1 Å². The molecule has 0 spiro atoms. The monoisotopic (exact) mass is 233 g/mol. The van der Waals surface area contributed by atoms with Gasteiger partial charge in [0.25, 0.3) is 0 Å². The van der Waals surface area contributed by atoms with Gasteiger partial charge in [0.2, 0.25) is 5.91 Å². The number of hydrogen-bond acceptors (Lipinski definition) is 1. The number of alkyl halides is 1. The van der Waals surface area contributed by atoms with Crippen molar-refractivity contribution in [2.75, 3.05) is 6.54 Å². The molecule has 0 aromatic carbocycles. The predicted octanol–water partition coefficient (Wildman–Crippen LogP) is 2.17. The lowest BCUT2D eigenvalue weighted by molar-refractivity contribution is -0.131. The molecule has 1 amide bonds. The van der Waals surface area contributed by atoms with Gasteiger partial charge in [-0.25, -0.2) is 0 Å². The number of amides is 1. The molecule has 1 aliphatic rings. The maximum absolute atomic E-state index is 11.6. The zero-order valence-corrected chi connectivity index (χ0v) is 9.52. The van der Waals surface area contributed by atoms with Crippen molar-refractivity contribution in [2.45, 2.75) is 44.0 Å². The Hall–Kier alpha value is -0.0500. The van der Waals surface area contributed by atoms with Crippen LogP contribution in [0.2, 0.25) is 0 Å². The third-order valence-electron chi connectivity index (χ3n) is 2.74. The Morgan fingerprint density at radius 3 is 2.58 bits per heavy atom. The lowest BCUT2D eigenvalue weighted by Gasteiger charge is -2.34. The van der Waals surface area contributed by atoms with Crippen LogP contribution in [-0.4, -0.2) is 27.7 Å². The standard InChI is InChI=1S/C9H16BrNO/c1-4-9(2,3)11-6-5-7(10)8(11)12/h7H,4-6H2,1-3H3. The molecule has 1 aliphatic heterocycles. The van der Waals surface area contributed by atoms with E-state index in [9.17, 15) is 4.79 Å². The minimum absolute atomic E-state index is 0.0274. The Morgan fingerprint density at radius 2 is 2.25 bits per heavy atom. The van der Waals surface area contributed by atoms with E-state index in [1.807, 2.05) is 4.90 Å². The fourth-order valence-corrected chi connectivity index (χ4v) is 1.89. The van der Waals surface area contributed by atoms with Crippen molar-refractivity contribution in [3.8, 4) is 0 Å². The van der Waals surface area contributed by atoms with Gasteiger partial charge in [-0.05, 0) is 26.7 Å². The second-order valence-electron chi connectivity index (χ2n) is 3.91. The lowest BCUT2D eigenvalue weighted by atomic mass is 10.00. The second kappa shape index (κ2) is 3.36. The van der Waals surface area contributed by atoms with E-state index >= 15 is 0 Å². The van der Waals surface area contributed by atoms with Gasteiger partial charge < -0.3 is 4.90 Å². The molecule has 1 rings (SSSR count). The number of rotatable bonds is 2. The van der Waals surface area contributed by atoms with Gasteiger partial charge in [0.15, 0.2) is 0 Å². The summed E-state index contributed by atoms with van der Waals surface area (Å²) in [5, 5.41) is 0. The number of nitrogens with zero attached hydrogens (tertiary/aromatic N) is 1. The topological polar surface area (TPSA) is 20.3 Å². The molecule has 0 aromatic heterocycles. The Morgan fingerprint density at radius 1 is 1.67 bits per heavy atom. The quantitative estimate of drug-likeness (QED) is 0.670. The van der Waals surface area contributed by atoms with Crippen molar-refractivity contribution < 1.29 is 4.79 Å². The van der Waals surface area contributed by atoms with Crippen LogP contribution in [0.3, 0.4) is 0 Å². The van der Waals surface area contributed by atoms with Crippen molar-refractivity contribution in [3.05, 3.63) is 0 Å². The highest BCUT2D eigenvalue weighted by Gasteiger charge is 2.37. The van der Waals surface area contributed by atoms with Crippen molar-refractivity contribution >= 4 is 21.8 Å². The first kappa shape index (κ1) is 10.0. The molecule has 2 nitrogen and oxygen atoms in total. The van der Waals surface area contributed by atoms with Crippen molar-refractivity contribution in [3.63, 3.8) is 0 Å². The van der Waals surface area contributed by atoms with Crippen LogP contribution in [0.1, 0.15) is 33.6 Å². The molecule has 0 saturated carbocycles. The maximum atomic E-state index is 11.6.